The van der Waals surface area contributed by atoms with Crippen LogP contribution in [0.1, 0.15) is 44.2 Å². The van der Waals surface area contributed by atoms with Gasteiger partial charge in [0.2, 0.25) is 5.91 Å². The average molecular weight is 632 g/mol. The summed E-state index contributed by atoms with van der Waals surface area (Å²) >= 11 is 0. The molecular formula is C27H31F6N7O4. The SMILES string of the molecule is CC(COCCC(=O)N1CCN2c3ncc(C(F)(F)F)cc3N(CC3(C)CC3)C(=O)C2C1)Nc1cn[nH]c(=O)c1C(F)(F)F. The summed E-state index contributed by atoms with van der Waals surface area (Å²) < 4.78 is 85.7. The lowest BCUT2D eigenvalue weighted by Gasteiger charge is -2.47. The second kappa shape index (κ2) is 11.6. The Hall–Kier alpha value is -3.89. The predicted octanol–water partition coefficient (Wildman–Crippen LogP) is 3.27. The lowest BCUT2D eigenvalue weighted by Crippen LogP contribution is -2.64. The summed E-state index contributed by atoms with van der Waals surface area (Å²) in [6.07, 6.45) is -6.30. The van der Waals surface area contributed by atoms with Gasteiger partial charge in [-0.3, -0.25) is 14.4 Å². The number of pyridine rings is 1. The van der Waals surface area contributed by atoms with Gasteiger partial charge in [0.25, 0.3) is 11.5 Å². The van der Waals surface area contributed by atoms with Crippen LogP contribution in [0.3, 0.4) is 0 Å². The van der Waals surface area contributed by atoms with Gasteiger partial charge in [0, 0.05) is 31.9 Å². The van der Waals surface area contributed by atoms with Gasteiger partial charge in [-0.15, -0.1) is 0 Å². The fraction of sp³-hybridized carbons (Fsp3) is 0.593. The number of nitrogens with zero attached hydrogens (tertiary/aromatic N) is 5. The van der Waals surface area contributed by atoms with E-state index in [1.807, 2.05) is 6.92 Å². The van der Waals surface area contributed by atoms with Crippen molar-refractivity contribution in [3.63, 3.8) is 0 Å². The lowest BCUT2D eigenvalue weighted by molar-refractivity contribution is -0.138. The maximum atomic E-state index is 13.7. The fourth-order valence-electron chi connectivity index (χ4n) is 5.38. The Morgan fingerprint density at radius 2 is 1.89 bits per heavy atom. The summed E-state index contributed by atoms with van der Waals surface area (Å²) in [6, 6.07) is -0.520. The number of ether oxygens (including phenoxy) is 1. The van der Waals surface area contributed by atoms with E-state index in [4.69, 9.17) is 4.74 Å². The Balaban J connectivity index is 1.19. The molecule has 17 heteroatoms. The first-order valence-corrected chi connectivity index (χ1v) is 14.0. The smallest absolute Gasteiger partial charge is 0.379 e. The van der Waals surface area contributed by atoms with Gasteiger partial charge >= 0.3 is 12.4 Å². The third kappa shape index (κ3) is 6.61. The van der Waals surface area contributed by atoms with E-state index in [-0.39, 0.29) is 68.6 Å². The van der Waals surface area contributed by atoms with Gasteiger partial charge in [-0.05, 0) is 31.2 Å². The number of carbonyl (C=O) groups is 2. The van der Waals surface area contributed by atoms with Crippen LogP contribution >= 0.6 is 0 Å². The molecule has 2 fully saturated rings. The highest BCUT2D eigenvalue weighted by molar-refractivity contribution is 6.05. The van der Waals surface area contributed by atoms with Crippen LogP contribution in [0, 0.1) is 5.41 Å². The van der Waals surface area contributed by atoms with Crippen molar-refractivity contribution >= 4 is 29.0 Å². The molecule has 44 heavy (non-hydrogen) atoms. The van der Waals surface area contributed by atoms with E-state index in [9.17, 15) is 40.7 Å². The number of piperazine rings is 1. The first kappa shape index (κ1) is 31.5. The minimum atomic E-state index is -4.90. The molecule has 2 aromatic heterocycles. The van der Waals surface area contributed by atoms with E-state index in [0.717, 1.165) is 31.3 Å². The van der Waals surface area contributed by atoms with Crippen LogP contribution < -0.4 is 20.7 Å². The molecule has 4 heterocycles. The van der Waals surface area contributed by atoms with E-state index in [1.54, 1.807) is 10.00 Å². The molecule has 0 bridgehead atoms. The molecule has 2 aromatic rings. The van der Waals surface area contributed by atoms with Crippen molar-refractivity contribution in [3.8, 4) is 0 Å². The zero-order valence-electron chi connectivity index (χ0n) is 23.9. The highest BCUT2D eigenvalue weighted by Crippen LogP contribution is 2.48. The Kier molecular flexibility index (Phi) is 8.28. The number of hydrogen-bond acceptors (Lipinski definition) is 8. The average Bonchev–Trinajstić information content (AvgIpc) is 3.68. The van der Waals surface area contributed by atoms with Gasteiger partial charge < -0.3 is 24.8 Å². The third-order valence-corrected chi connectivity index (χ3v) is 8.03. The van der Waals surface area contributed by atoms with Crippen LogP contribution in [-0.4, -0.2) is 83.4 Å². The van der Waals surface area contributed by atoms with Crippen LogP contribution in [0.5, 0.6) is 0 Å². The number of carbonyl (C=O) groups excluding carboxylic acids is 2. The zero-order valence-corrected chi connectivity index (χ0v) is 23.9. The Morgan fingerprint density at radius 1 is 1.16 bits per heavy atom. The second-order valence-corrected chi connectivity index (χ2v) is 11.7. The quantitative estimate of drug-likeness (QED) is 0.320. The molecule has 1 aliphatic carbocycles. The number of H-pyrrole nitrogens is 1. The first-order chi connectivity index (χ1) is 20.6. The molecule has 2 atom stereocenters. The summed E-state index contributed by atoms with van der Waals surface area (Å²) in [6.45, 7) is 4.02. The molecule has 1 saturated heterocycles. The number of amides is 2. The molecule has 2 N–H and O–H groups in total. The van der Waals surface area contributed by atoms with Crippen molar-refractivity contribution < 1.29 is 40.7 Å². The van der Waals surface area contributed by atoms with Crippen molar-refractivity contribution in [1.82, 2.24) is 20.1 Å². The van der Waals surface area contributed by atoms with Gasteiger partial charge in [0.1, 0.15) is 11.6 Å². The Morgan fingerprint density at radius 3 is 2.55 bits per heavy atom. The number of nitrogens with one attached hydrogen (secondary N) is 2. The Bertz CT molecular complexity index is 1480. The molecule has 240 valence electrons. The van der Waals surface area contributed by atoms with E-state index < -0.39 is 52.7 Å². The number of anilines is 3. The highest BCUT2D eigenvalue weighted by Gasteiger charge is 2.48. The lowest BCUT2D eigenvalue weighted by atomic mass is 10.0. The van der Waals surface area contributed by atoms with Crippen molar-refractivity contribution in [1.29, 1.82) is 0 Å². The van der Waals surface area contributed by atoms with E-state index in [2.05, 4.69) is 15.4 Å². The molecule has 0 aromatic carbocycles. The van der Waals surface area contributed by atoms with Crippen LogP contribution in [0.2, 0.25) is 0 Å². The van der Waals surface area contributed by atoms with Crippen molar-refractivity contribution in [2.24, 2.45) is 5.41 Å². The number of aromatic nitrogens is 3. The number of halogens is 6. The summed E-state index contributed by atoms with van der Waals surface area (Å²) in [7, 11) is 0. The fourth-order valence-corrected chi connectivity index (χ4v) is 5.38. The molecule has 2 amide bonds. The van der Waals surface area contributed by atoms with Crippen molar-refractivity contribution in [2.75, 3.05) is 54.5 Å². The molecular weight excluding hydrogens is 600 g/mol. The van der Waals surface area contributed by atoms with E-state index in [1.165, 1.54) is 16.7 Å². The minimum Gasteiger partial charge on any atom is -0.379 e. The number of alkyl halides is 6. The van der Waals surface area contributed by atoms with Crippen LogP contribution in [0.15, 0.2) is 23.3 Å². The molecule has 2 unspecified atom stereocenters. The molecule has 1 saturated carbocycles. The molecule has 0 spiro atoms. The number of aromatic amines is 1. The molecule has 5 rings (SSSR count). The van der Waals surface area contributed by atoms with Crippen molar-refractivity contribution in [2.45, 2.75) is 57.5 Å². The van der Waals surface area contributed by atoms with Crippen LogP contribution in [-0.2, 0) is 26.7 Å². The van der Waals surface area contributed by atoms with Gasteiger partial charge in [-0.2, -0.15) is 31.4 Å². The molecule has 3 aliphatic rings. The Labute approximate surface area is 247 Å². The maximum absolute atomic E-state index is 13.7. The van der Waals surface area contributed by atoms with Crippen LogP contribution in [0.25, 0.3) is 0 Å². The van der Waals surface area contributed by atoms with E-state index in [0.29, 0.717) is 0 Å². The van der Waals surface area contributed by atoms with Gasteiger partial charge in [0.15, 0.2) is 5.82 Å². The van der Waals surface area contributed by atoms with Crippen LogP contribution in [0.4, 0.5) is 43.5 Å². The molecule has 0 radical (unpaired) electrons. The number of fused-ring (bicyclic) bond motifs is 3. The topological polar surface area (TPSA) is 124 Å². The van der Waals surface area contributed by atoms with Gasteiger partial charge in [-0.25, -0.2) is 10.1 Å². The maximum Gasteiger partial charge on any atom is 0.423 e. The molecule has 2 aliphatic heterocycles. The van der Waals surface area contributed by atoms with Gasteiger partial charge in [0.05, 0.1) is 49.3 Å². The van der Waals surface area contributed by atoms with E-state index >= 15 is 0 Å². The second-order valence-electron chi connectivity index (χ2n) is 11.7. The monoisotopic (exact) mass is 631 g/mol. The summed E-state index contributed by atoms with van der Waals surface area (Å²) in [5, 5.41) is 7.70. The van der Waals surface area contributed by atoms with Crippen molar-refractivity contribution in [3.05, 3.63) is 39.9 Å². The number of rotatable bonds is 9. The standard InChI is InChI=1S/C27H31F6N7O4/c1-15(36-17-11-35-37-23(42)21(17)27(31,32)33)13-44-8-3-20(41)38-6-7-39-19(12-38)24(43)40(14-25(2)4-5-25)18-9-16(26(28,29)30)10-34-22(18)39/h9-11,15,19H,3-8,12-14H2,1-2H3,(H2,36,37,42). The number of hydrogen-bond donors (Lipinski definition) is 2. The normalized spacial score (nSPS) is 20.2. The first-order valence-electron chi connectivity index (χ1n) is 14.0. The predicted molar refractivity (Wildman–Crippen MR) is 145 cm³/mol. The highest BCUT2D eigenvalue weighted by atomic mass is 19.4. The zero-order chi connectivity index (χ0) is 32.0. The third-order valence-electron chi connectivity index (χ3n) is 8.03. The summed E-state index contributed by atoms with van der Waals surface area (Å²) in [5.74, 6) is -0.441. The summed E-state index contributed by atoms with van der Waals surface area (Å²) in [5.41, 5.74) is -4.32. The molecule has 11 nitrogen and oxygen atoms in total. The minimum absolute atomic E-state index is 0.0146. The summed E-state index contributed by atoms with van der Waals surface area (Å²) in [4.78, 5) is 46.9. The largest absolute Gasteiger partial charge is 0.423 e. The van der Waals surface area contributed by atoms with Gasteiger partial charge in [-0.1, -0.05) is 6.92 Å².